The number of hydrogen-bond donors (Lipinski definition) is 1. The van der Waals surface area contributed by atoms with Gasteiger partial charge in [-0.1, -0.05) is 64.7 Å². The van der Waals surface area contributed by atoms with E-state index in [1.54, 1.807) is 0 Å². The van der Waals surface area contributed by atoms with Crippen molar-refractivity contribution in [3.63, 3.8) is 0 Å². The molecule has 2 aliphatic rings. The van der Waals surface area contributed by atoms with Gasteiger partial charge < -0.3 is 10.2 Å². The van der Waals surface area contributed by atoms with Gasteiger partial charge in [-0.15, -0.1) is 0 Å². The standard InChI is InChI=1S/C21H41N3/c1-3-5-6-13-18-24(4-2)21(22-19-14-9-7-10-15-19)23-20-16-11-8-12-17-20/h19-20H,3-18H2,1-2H3,(H,22,23). The molecule has 0 heterocycles. The molecule has 0 aromatic heterocycles. The van der Waals surface area contributed by atoms with E-state index in [-0.39, 0.29) is 0 Å². The summed E-state index contributed by atoms with van der Waals surface area (Å²) in [5.74, 6) is 1.23. The molecule has 2 rings (SSSR count). The predicted octanol–water partition coefficient (Wildman–Crippen LogP) is 5.50. The summed E-state index contributed by atoms with van der Waals surface area (Å²) in [5, 5.41) is 3.87. The number of aliphatic imine (C=N–C) groups is 1. The van der Waals surface area contributed by atoms with Crippen LogP contribution >= 0.6 is 0 Å². The van der Waals surface area contributed by atoms with Crippen LogP contribution in [-0.4, -0.2) is 36.0 Å². The molecule has 0 saturated heterocycles. The minimum absolute atomic E-state index is 0.564. The van der Waals surface area contributed by atoms with Crippen molar-refractivity contribution in [3.05, 3.63) is 0 Å². The van der Waals surface area contributed by atoms with Crippen LogP contribution in [0.15, 0.2) is 4.99 Å². The maximum absolute atomic E-state index is 5.23. The minimum Gasteiger partial charge on any atom is -0.353 e. The summed E-state index contributed by atoms with van der Waals surface area (Å²) in [6.45, 7) is 6.83. The minimum atomic E-state index is 0.564. The van der Waals surface area contributed by atoms with E-state index in [1.165, 1.54) is 102 Å². The lowest BCUT2D eigenvalue weighted by molar-refractivity contribution is 0.357. The molecule has 0 spiro atoms. The molecule has 0 aromatic rings. The molecule has 3 heteroatoms. The van der Waals surface area contributed by atoms with Crippen LogP contribution in [0.25, 0.3) is 0 Å². The van der Waals surface area contributed by atoms with Gasteiger partial charge in [0.25, 0.3) is 0 Å². The topological polar surface area (TPSA) is 27.6 Å². The SMILES string of the molecule is CCCCCCN(CC)C(=NC1CCCCC1)NC1CCCCC1. The van der Waals surface area contributed by atoms with Crippen LogP contribution < -0.4 is 5.32 Å². The van der Waals surface area contributed by atoms with Crippen molar-refractivity contribution in [2.24, 2.45) is 4.99 Å². The second-order valence-electron chi connectivity index (χ2n) is 7.86. The van der Waals surface area contributed by atoms with Gasteiger partial charge in [0.05, 0.1) is 6.04 Å². The molecule has 0 unspecified atom stereocenters. The van der Waals surface area contributed by atoms with Gasteiger partial charge in [-0.05, 0) is 39.0 Å². The molecule has 0 aromatic carbocycles. The highest BCUT2D eigenvalue weighted by Gasteiger charge is 2.20. The fourth-order valence-electron chi connectivity index (χ4n) is 4.17. The Morgan fingerprint density at radius 2 is 1.54 bits per heavy atom. The molecule has 0 atom stereocenters. The highest BCUT2D eigenvalue weighted by molar-refractivity contribution is 5.80. The van der Waals surface area contributed by atoms with E-state index in [4.69, 9.17) is 4.99 Å². The summed E-state index contributed by atoms with van der Waals surface area (Å²) in [5.41, 5.74) is 0. The largest absolute Gasteiger partial charge is 0.353 e. The van der Waals surface area contributed by atoms with Crippen molar-refractivity contribution in [2.45, 2.75) is 116 Å². The molecule has 1 N–H and O–H groups in total. The molecule has 2 fully saturated rings. The van der Waals surface area contributed by atoms with Gasteiger partial charge in [0.1, 0.15) is 0 Å². The van der Waals surface area contributed by atoms with E-state index in [1.807, 2.05) is 0 Å². The van der Waals surface area contributed by atoms with Crippen molar-refractivity contribution in [1.29, 1.82) is 0 Å². The van der Waals surface area contributed by atoms with Crippen LogP contribution in [0.2, 0.25) is 0 Å². The summed E-state index contributed by atoms with van der Waals surface area (Å²) in [6, 6.07) is 1.22. The molecule has 140 valence electrons. The maximum atomic E-state index is 5.23. The molecule has 0 amide bonds. The Labute approximate surface area is 150 Å². The average molecular weight is 336 g/mol. The van der Waals surface area contributed by atoms with Crippen LogP contribution in [0, 0.1) is 0 Å². The van der Waals surface area contributed by atoms with Gasteiger partial charge >= 0.3 is 0 Å². The average Bonchev–Trinajstić information content (AvgIpc) is 2.63. The lowest BCUT2D eigenvalue weighted by Crippen LogP contribution is -2.47. The molecular weight excluding hydrogens is 294 g/mol. The van der Waals surface area contributed by atoms with E-state index >= 15 is 0 Å². The van der Waals surface area contributed by atoms with E-state index in [0.29, 0.717) is 12.1 Å². The zero-order valence-electron chi connectivity index (χ0n) is 16.4. The highest BCUT2D eigenvalue weighted by Crippen LogP contribution is 2.22. The Morgan fingerprint density at radius 1 is 0.875 bits per heavy atom. The van der Waals surface area contributed by atoms with Crippen molar-refractivity contribution in [1.82, 2.24) is 10.2 Å². The normalized spacial score (nSPS) is 21.0. The molecule has 0 radical (unpaired) electrons. The second kappa shape index (κ2) is 11.8. The van der Waals surface area contributed by atoms with Crippen molar-refractivity contribution < 1.29 is 0 Å². The Kier molecular flexibility index (Phi) is 9.60. The van der Waals surface area contributed by atoms with Gasteiger partial charge in [-0.3, -0.25) is 0 Å². The van der Waals surface area contributed by atoms with E-state index in [0.717, 1.165) is 6.54 Å². The van der Waals surface area contributed by atoms with Crippen LogP contribution in [0.1, 0.15) is 104 Å². The first kappa shape index (κ1) is 19.6. The Hall–Kier alpha value is -0.730. The van der Waals surface area contributed by atoms with Crippen LogP contribution in [0.3, 0.4) is 0 Å². The van der Waals surface area contributed by atoms with Gasteiger partial charge in [0.15, 0.2) is 5.96 Å². The molecule has 3 nitrogen and oxygen atoms in total. The van der Waals surface area contributed by atoms with Gasteiger partial charge in [0.2, 0.25) is 0 Å². The summed E-state index contributed by atoms with van der Waals surface area (Å²) in [6.07, 6.45) is 18.9. The third-order valence-electron chi connectivity index (χ3n) is 5.78. The smallest absolute Gasteiger partial charge is 0.194 e. The number of unbranched alkanes of at least 4 members (excludes halogenated alkanes) is 3. The van der Waals surface area contributed by atoms with Gasteiger partial charge in [-0.25, -0.2) is 4.99 Å². The number of nitrogens with zero attached hydrogens (tertiary/aromatic N) is 2. The fourth-order valence-corrected chi connectivity index (χ4v) is 4.17. The van der Waals surface area contributed by atoms with Crippen molar-refractivity contribution >= 4 is 5.96 Å². The first-order valence-electron chi connectivity index (χ1n) is 10.9. The predicted molar refractivity (Wildman–Crippen MR) is 106 cm³/mol. The van der Waals surface area contributed by atoms with Crippen molar-refractivity contribution in [3.8, 4) is 0 Å². The third kappa shape index (κ3) is 7.03. The summed E-state index contributed by atoms with van der Waals surface area (Å²) in [7, 11) is 0. The summed E-state index contributed by atoms with van der Waals surface area (Å²) in [4.78, 5) is 7.76. The van der Waals surface area contributed by atoms with Crippen LogP contribution in [0.5, 0.6) is 0 Å². The molecule has 0 bridgehead atoms. The number of hydrogen-bond acceptors (Lipinski definition) is 1. The highest BCUT2D eigenvalue weighted by atomic mass is 15.3. The van der Waals surface area contributed by atoms with Crippen molar-refractivity contribution in [2.75, 3.05) is 13.1 Å². The quantitative estimate of drug-likeness (QED) is 0.360. The number of rotatable bonds is 8. The zero-order chi connectivity index (χ0) is 17.0. The van der Waals surface area contributed by atoms with Gasteiger partial charge in [0, 0.05) is 19.1 Å². The Bertz CT molecular complexity index is 341. The first-order chi connectivity index (χ1) is 11.8. The van der Waals surface area contributed by atoms with E-state index in [2.05, 4.69) is 24.1 Å². The fraction of sp³-hybridized carbons (Fsp3) is 0.952. The molecule has 2 saturated carbocycles. The lowest BCUT2D eigenvalue weighted by Gasteiger charge is -2.32. The monoisotopic (exact) mass is 335 g/mol. The lowest BCUT2D eigenvalue weighted by atomic mass is 9.95. The molecule has 2 aliphatic carbocycles. The number of guanidine groups is 1. The Morgan fingerprint density at radius 3 is 2.17 bits per heavy atom. The van der Waals surface area contributed by atoms with Crippen LogP contribution in [0.4, 0.5) is 0 Å². The second-order valence-corrected chi connectivity index (χ2v) is 7.86. The summed E-state index contributed by atoms with van der Waals surface area (Å²) < 4.78 is 0. The third-order valence-corrected chi connectivity index (χ3v) is 5.78. The molecule has 0 aliphatic heterocycles. The Balaban J connectivity index is 1.96. The maximum Gasteiger partial charge on any atom is 0.194 e. The van der Waals surface area contributed by atoms with E-state index in [9.17, 15) is 0 Å². The molecular formula is C21H41N3. The molecule has 24 heavy (non-hydrogen) atoms. The van der Waals surface area contributed by atoms with E-state index < -0.39 is 0 Å². The number of nitrogens with one attached hydrogen (secondary N) is 1. The zero-order valence-corrected chi connectivity index (χ0v) is 16.4. The first-order valence-corrected chi connectivity index (χ1v) is 10.9. The summed E-state index contributed by atoms with van der Waals surface area (Å²) >= 11 is 0. The van der Waals surface area contributed by atoms with Crippen LogP contribution in [-0.2, 0) is 0 Å². The van der Waals surface area contributed by atoms with Gasteiger partial charge in [-0.2, -0.15) is 0 Å².